The van der Waals surface area contributed by atoms with Crippen LogP contribution in [0.1, 0.15) is 57.4 Å². The molecular weight excluding hydrogens is 407 g/mol. The quantitative estimate of drug-likeness (QED) is 0.651. The van der Waals surface area contributed by atoms with Gasteiger partial charge in [-0.05, 0) is 70.1 Å². The van der Waals surface area contributed by atoms with Crippen molar-refractivity contribution >= 4 is 17.7 Å². The number of hydrogen-bond donors (Lipinski definition) is 0. The third-order valence-electron chi connectivity index (χ3n) is 7.23. The lowest BCUT2D eigenvalue weighted by Gasteiger charge is -2.41. The first-order valence-corrected chi connectivity index (χ1v) is 11.5. The number of carbonyl (C=O) groups excluding carboxylic acids is 1. The van der Waals surface area contributed by atoms with Crippen molar-refractivity contribution in [3.8, 4) is 5.75 Å². The Morgan fingerprint density at radius 3 is 2.50 bits per heavy atom. The maximum Gasteiger partial charge on any atom is 0.410 e. The maximum atomic E-state index is 15.9. The Labute approximate surface area is 183 Å². The lowest BCUT2D eigenvalue weighted by molar-refractivity contribution is 0.0274. The molecule has 0 radical (unpaired) electrons. The molecule has 1 aromatic rings. The lowest BCUT2D eigenvalue weighted by atomic mass is 9.84. The molecule has 2 bridgehead atoms. The number of halogens is 2. The van der Waals surface area contributed by atoms with Gasteiger partial charge in [-0.3, -0.25) is 0 Å². The summed E-state index contributed by atoms with van der Waals surface area (Å²) in [5, 5.41) is 0.532. The van der Waals surface area contributed by atoms with Crippen molar-refractivity contribution < 1.29 is 18.7 Å². The SMILES string of the molecule is CCOC(=O)N1C2CCC(N3CCC(F)(c4cc(Cl)ccc4OC)CC3)CC1CC2. The van der Waals surface area contributed by atoms with E-state index in [2.05, 4.69) is 4.90 Å². The molecule has 3 aliphatic heterocycles. The Balaban J connectivity index is 1.42. The van der Waals surface area contributed by atoms with Crippen molar-refractivity contribution in [2.75, 3.05) is 26.8 Å². The summed E-state index contributed by atoms with van der Waals surface area (Å²) in [6.45, 7) is 3.67. The molecule has 0 spiro atoms. The van der Waals surface area contributed by atoms with Gasteiger partial charge in [-0.1, -0.05) is 11.6 Å². The zero-order valence-corrected chi connectivity index (χ0v) is 18.7. The van der Waals surface area contributed by atoms with Gasteiger partial charge in [0.1, 0.15) is 11.4 Å². The van der Waals surface area contributed by atoms with E-state index in [-0.39, 0.29) is 12.1 Å². The van der Waals surface area contributed by atoms with Gasteiger partial charge in [-0.25, -0.2) is 9.18 Å². The molecule has 0 N–H and O–H groups in total. The number of benzene rings is 1. The van der Waals surface area contributed by atoms with E-state index >= 15 is 4.39 Å². The molecule has 0 aliphatic carbocycles. The average molecular weight is 439 g/mol. The van der Waals surface area contributed by atoms with Crippen LogP contribution in [-0.4, -0.2) is 60.8 Å². The minimum absolute atomic E-state index is 0.167. The predicted molar refractivity (Wildman–Crippen MR) is 115 cm³/mol. The monoisotopic (exact) mass is 438 g/mol. The van der Waals surface area contributed by atoms with Crippen LogP contribution >= 0.6 is 11.6 Å². The summed E-state index contributed by atoms with van der Waals surface area (Å²) in [5.74, 6) is 0.562. The fourth-order valence-corrected chi connectivity index (χ4v) is 5.84. The number of alkyl halides is 1. The summed E-state index contributed by atoms with van der Waals surface area (Å²) in [6.07, 6.45) is 5.80. The van der Waals surface area contributed by atoms with E-state index in [1.54, 1.807) is 25.3 Å². The number of methoxy groups -OCH3 is 1. The summed E-state index contributed by atoms with van der Waals surface area (Å²) in [7, 11) is 1.57. The van der Waals surface area contributed by atoms with Crippen LogP contribution in [0.3, 0.4) is 0 Å². The number of carbonyl (C=O) groups is 1. The van der Waals surface area contributed by atoms with Crippen molar-refractivity contribution in [1.82, 2.24) is 9.80 Å². The van der Waals surface area contributed by atoms with Crippen LogP contribution in [0, 0.1) is 0 Å². The second-order valence-corrected chi connectivity index (χ2v) is 9.24. The third-order valence-corrected chi connectivity index (χ3v) is 7.46. The lowest BCUT2D eigenvalue weighted by Crippen LogP contribution is -2.47. The molecule has 3 saturated heterocycles. The molecule has 1 amide bonds. The zero-order valence-electron chi connectivity index (χ0n) is 17.9. The van der Waals surface area contributed by atoms with Crippen LogP contribution in [0.25, 0.3) is 0 Å². The van der Waals surface area contributed by atoms with Gasteiger partial charge in [-0.2, -0.15) is 0 Å². The standard InChI is InChI=1S/C23H32ClFN2O3/c1-3-30-22(28)27-17-5-7-18(15-19(27)8-6-17)26-12-10-23(25,11-13-26)20-14-16(24)4-9-21(20)29-2/h4,9,14,17-19H,3,5-8,10-13,15H2,1-2H3. The van der Waals surface area contributed by atoms with Crippen LogP contribution in [-0.2, 0) is 10.4 Å². The highest BCUT2D eigenvalue weighted by atomic mass is 35.5. The number of rotatable bonds is 4. The van der Waals surface area contributed by atoms with Crippen molar-refractivity contribution in [3.63, 3.8) is 0 Å². The van der Waals surface area contributed by atoms with Crippen molar-refractivity contribution in [3.05, 3.63) is 28.8 Å². The molecule has 166 valence electrons. The van der Waals surface area contributed by atoms with E-state index < -0.39 is 5.67 Å². The van der Waals surface area contributed by atoms with Gasteiger partial charge in [0.15, 0.2) is 0 Å². The Morgan fingerprint density at radius 2 is 1.83 bits per heavy atom. The Morgan fingerprint density at radius 1 is 1.17 bits per heavy atom. The Kier molecular flexibility index (Phi) is 6.44. The minimum Gasteiger partial charge on any atom is -0.496 e. The molecule has 0 saturated carbocycles. The predicted octanol–water partition coefficient (Wildman–Crippen LogP) is 5.15. The van der Waals surface area contributed by atoms with Crippen molar-refractivity contribution in [2.24, 2.45) is 0 Å². The molecule has 3 atom stereocenters. The number of amides is 1. The van der Waals surface area contributed by atoms with Crippen LogP contribution in [0.15, 0.2) is 18.2 Å². The smallest absolute Gasteiger partial charge is 0.410 e. The largest absolute Gasteiger partial charge is 0.496 e. The van der Waals surface area contributed by atoms with E-state index in [1.807, 2.05) is 11.8 Å². The molecule has 30 heavy (non-hydrogen) atoms. The molecule has 0 aromatic heterocycles. The van der Waals surface area contributed by atoms with Crippen LogP contribution in [0.5, 0.6) is 5.75 Å². The highest BCUT2D eigenvalue weighted by Gasteiger charge is 2.45. The van der Waals surface area contributed by atoms with E-state index in [9.17, 15) is 4.79 Å². The number of likely N-dealkylation sites (tertiary alicyclic amines) is 1. The molecule has 3 unspecified atom stereocenters. The topological polar surface area (TPSA) is 42.0 Å². The van der Waals surface area contributed by atoms with Crippen LogP contribution in [0.4, 0.5) is 9.18 Å². The number of nitrogens with zero attached hydrogens (tertiary/aromatic N) is 2. The summed E-state index contributed by atoms with van der Waals surface area (Å²) in [6, 6.07) is 6.11. The highest BCUT2D eigenvalue weighted by molar-refractivity contribution is 6.30. The third kappa shape index (κ3) is 4.13. The normalized spacial score (nSPS) is 28.8. The number of ether oxygens (including phenoxy) is 2. The fraction of sp³-hybridized carbons (Fsp3) is 0.696. The molecule has 1 aromatic carbocycles. The van der Waals surface area contributed by atoms with Gasteiger partial charge in [0.25, 0.3) is 0 Å². The second-order valence-electron chi connectivity index (χ2n) is 8.80. The van der Waals surface area contributed by atoms with E-state index in [1.165, 1.54) is 0 Å². The van der Waals surface area contributed by atoms with Crippen LogP contribution in [0.2, 0.25) is 5.02 Å². The number of fused-ring (bicyclic) bond motifs is 2. The molecule has 5 nitrogen and oxygen atoms in total. The van der Waals surface area contributed by atoms with Gasteiger partial charge in [0, 0.05) is 41.8 Å². The number of piperidine rings is 1. The van der Waals surface area contributed by atoms with Gasteiger partial charge in [0.2, 0.25) is 0 Å². The first-order valence-electron chi connectivity index (χ1n) is 11.2. The van der Waals surface area contributed by atoms with Crippen LogP contribution < -0.4 is 4.74 Å². The summed E-state index contributed by atoms with van der Waals surface area (Å²) >= 11 is 6.15. The molecule has 7 heteroatoms. The van der Waals surface area contributed by atoms with Gasteiger partial charge in [-0.15, -0.1) is 0 Å². The summed E-state index contributed by atoms with van der Waals surface area (Å²) in [4.78, 5) is 16.9. The maximum absolute atomic E-state index is 15.9. The average Bonchev–Trinajstić information content (AvgIpc) is 3.03. The Hall–Kier alpha value is -1.53. The molecule has 3 aliphatic rings. The molecular formula is C23H32ClFN2O3. The second kappa shape index (κ2) is 8.91. The van der Waals surface area contributed by atoms with E-state index in [4.69, 9.17) is 21.1 Å². The number of hydrogen-bond acceptors (Lipinski definition) is 4. The van der Waals surface area contributed by atoms with E-state index in [0.717, 1.165) is 32.1 Å². The molecule has 3 heterocycles. The molecule has 4 rings (SSSR count). The summed E-state index contributed by atoms with van der Waals surface area (Å²) in [5.41, 5.74) is -0.862. The summed E-state index contributed by atoms with van der Waals surface area (Å²) < 4.78 is 26.6. The fourth-order valence-electron chi connectivity index (χ4n) is 5.66. The van der Waals surface area contributed by atoms with Crippen molar-refractivity contribution in [1.29, 1.82) is 0 Å². The first-order chi connectivity index (χ1) is 14.4. The van der Waals surface area contributed by atoms with Gasteiger partial charge < -0.3 is 19.3 Å². The minimum atomic E-state index is -1.42. The zero-order chi connectivity index (χ0) is 21.3. The van der Waals surface area contributed by atoms with E-state index in [0.29, 0.717) is 61.0 Å². The Bertz CT molecular complexity index is 769. The first kappa shape index (κ1) is 21.7. The van der Waals surface area contributed by atoms with Crippen molar-refractivity contribution in [2.45, 2.75) is 75.7 Å². The molecule has 3 fully saturated rings. The highest BCUT2D eigenvalue weighted by Crippen LogP contribution is 2.44. The van der Waals surface area contributed by atoms with Gasteiger partial charge in [0.05, 0.1) is 13.7 Å². The van der Waals surface area contributed by atoms with Gasteiger partial charge >= 0.3 is 6.09 Å².